The summed E-state index contributed by atoms with van der Waals surface area (Å²) in [5, 5.41) is 10.3. The molecule has 0 saturated carbocycles. The maximum Gasteiger partial charge on any atom is 0.161 e. The second kappa shape index (κ2) is 12.9. The van der Waals surface area contributed by atoms with E-state index in [1.807, 2.05) is 37.3 Å². The molecule has 1 aliphatic rings. The third-order valence-corrected chi connectivity index (χ3v) is 6.54. The molecule has 0 spiro atoms. The van der Waals surface area contributed by atoms with Gasteiger partial charge in [-0.2, -0.15) is 0 Å². The van der Waals surface area contributed by atoms with Crippen molar-refractivity contribution in [2.24, 2.45) is 0 Å². The Morgan fingerprint density at radius 2 is 1.69 bits per heavy atom. The zero-order valence-electron chi connectivity index (χ0n) is 21.7. The fourth-order valence-electron chi connectivity index (χ4n) is 4.59. The number of piperazine rings is 1. The van der Waals surface area contributed by atoms with E-state index in [9.17, 15) is 5.11 Å². The fourth-order valence-corrected chi connectivity index (χ4v) is 4.59. The molecule has 0 amide bonds. The van der Waals surface area contributed by atoms with Gasteiger partial charge in [0.05, 0.1) is 25.0 Å². The van der Waals surface area contributed by atoms with Gasteiger partial charge in [0.25, 0.3) is 0 Å². The van der Waals surface area contributed by atoms with Crippen molar-refractivity contribution in [1.29, 1.82) is 0 Å². The lowest BCUT2D eigenvalue weighted by atomic mass is 10.0. The first-order valence-corrected chi connectivity index (χ1v) is 12.8. The van der Waals surface area contributed by atoms with E-state index >= 15 is 0 Å². The Morgan fingerprint density at radius 3 is 2.36 bits per heavy atom. The van der Waals surface area contributed by atoms with Crippen LogP contribution in [0.2, 0.25) is 0 Å². The van der Waals surface area contributed by atoms with E-state index in [0.29, 0.717) is 26.4 Å². The molecule has 2 heterocycles. The molecular formula is C29H38N4O3. The number of β-amino-alcohol motifs (C(OH)–C–C–N with tert-alkyl or cyclic N) is 1. The highest BCUT2D eigenvalue weighted by atomic mass is 16.5. The number of aromatic nitrogens is 2. The van der Waals surface area contributed by atoms with E-state index in [1.54, 1.807) is 7.11 Å². The van der Waals surface area contributed by atoms with E-state index in [1.165, 1.54) is 11.1 Å². The second-order valence-corrected chi connectivity index (χ2v) is 9.36. The van der Waals surface area contributed by atoms with Crippen molar-refractivity contribution in [2.45, 2.75) is 33.0 Å². The molecule has 1 unspecified atom stereocenters. The van der Waals surface area contributed by atoms with Crippen LogP contribution < -0.4 is 4.90 Å². The summed E-state index contributed by atoms with van der Waals surface area (Å²) in [6.45, 7) is 9.49. The van der Waals surface area contributed by atoms with Gasteiger partial charge in [-0.25, -0.2) is 9.97 Å². The van der Waals surface area contributed by atoms with Crippen molar-refractivity contribution in [3.63, 3.8) is 0 Å². The number of benzene rings is 2. The monoisotopic (exact) mass is 490 g/mol. The molecule has 7 nitrogen and oxygen atoms in total. The summed E-state index contributed by atoms with van der Waals surface area (Å²) in [6, 6.07) is 18.8. The fraction of sp³-hybridized carbons (Fsp3) is 0.448. The molecule has 1 atom stereocenters. The van der Waals surface area contributed by atoms with E-state index in [2.05, 4.69) is 41.0 Å². The van der Waals surface area contributed by atoms with Gasteiger partial charge in [-0.3, -0.25) is 4.90 Å². The topological polar surface area (TPSA) is 71.0 Å². The standard InChI is InChI=1S/C29H38N4O3/c1-4-36-20-25(34)19-32-14-16-33(17-15-32)29-26(18-23-12-10-22(2)11-13-23)27(21-35-3)30-28(31-29)24-8-6-5-7-9-24/h5-13,25,34H,4,14-21H2,1-3H3. The highest BCUT2D eigenvalue weighted by Crippen LogP contribution is 2.29. The van der Waals surface area contributed by atoms with Crippen LogP contribution in [0.15, 0.2) is 54.6 Å². The van der Waals surface area contributed by atoms with Crippen molar-refractivity contribution in [2.75, 3.05) is 57.9 Å². The normalized spacial score (nSPS) is 15.3. The number of methoxy groups -OCH3 is 1. The quantitative estimate of drug-likeness (QED) is 0.439. The average molecular weight is 491 g/mol. The van der Waals surface area contributed by atoms with Crippen LogP contribution in [0.5, 0.6) is 0 Å². The molecule has 7 heteroatoms. The number of ether oxygens (including phenoxy) is 2. The molecule has 2 aromatic carbocycles. The first-order valence-electron chi connectivity index (χ1n) is 12.8. The van der Waals surface area contributed by atoms with Gasteiger partial charge in [-0.05, 0) is 19.4 Å². The molecule has 1 aromatic heterocycles. The molecule has 0 aliphatic carbocycles. The Kier molecular flexibility index (Phi) is 9.41. The average Bonchev–Trinajstić information content (AvgIpc) is 2.90. The summed E-state index contributed by atoms with van der Waals surface area (Å²) in [7, 11) is 1.71. The van der Waals surface area contributed by atoms with Gasteiger partial charge in [-0.1, -0.05) is 60.2 Å². The molecule has 36 heavy (non-hydrogen) atoms. The third-order valence-electron chi connectivity index (χ3n) is 6.54. The minimum atomic E-state index is -0.467. The third kappa shape index (κ3) is 6.89. The molecule has 3 aromatic rings. The van der Waals surface area contributed by atoms with Crippen molar-refractivity contribution in [3.05, 3.63) is 77.0 Å². The highest BCUT2D eigenvalue weighted by molar-refractivity contribution is 5.61. The van der Waals surface area contributed by atoms with E-state index < -0.39 is 6.10 Å². The Labute approximate surface area is 214 Å². The summed E-state index contributed by atoms with van der Waals surface area (Å²) in [4.78, 5) is 14.7. The van der Waals surface area contributed by atoms with Crippen LogP contribution in [0.1, 0.15) is 29.3 Å². The zero-order chi connectivity index (χ0) is 25.3. The predicted octanol–water partition coefficient (Wildman–Crippen LogP) is 3.71. The molecule has 0 bridgehead atoms. The number of hydrogen-bond acceptors (Lipinski definition) is 7. The summed E-state index contributed by atoms with van der Waals surface area (Å²) in [6.07, 6.45) is 0.280. The van der Waals surface area contributed by atoms with Crippen molar-refractivity contribution < 1.29 is 14.6 Å². The van der Waals surface area contributed by atoms with Gasteiger partial charge in [0.15, 0.2) is 5.82 Å². The minimum Gasteiger partial charge on any atom is -0.389 e. The molecule has 0 radical (unpaired) electrons. The Hall–Kier alpha value is -2.84. The lowest BCUT2D eigenvalue weighted by Crippen LogP contribution is -2.49. The van der Waals surface area contributed by atoms with Gasteiger partial charge >= 0.3 is 0 Å². The largest absolute Gasteiger partial charge is 0.389 e. The molecule has 192 valence electrons. The Morgan fingerprint density at radius 1 is 0.972 bits per heavy atom. The van der Waals surface area contributed by atoms with Gasteiger partial charge in [-0.15, -0.1) is 0 Å². The first-order chi connectivity index (χ1) is 17.6. The Bertz CT molecular complexity index is 1080. The number of aliphatic hydroxyl groups excluding tert-OH is 1. The second-order valence-electron chi connectivity index (χ2n) is 9.36. The molecule has 1 aliphatic heterocycles. The zero-order valence-corrected chi connectivity index (χ0v) is 21.7. The van der Waals surface area contributed by atoms with E-state index in [-0.39, 0.29) is 0 Å². The molecule has 1 fully saturated rings. The van der Waals surface area contributed by atoms with E-state index in [4.69, 9.17) is 19.4 Å². The molecule has 1 N–H and O–H groups in total. The van der Waals surface area contributed by atoms with Gasteiger partial charge in [0, 0.05) is 64.0 Å². The van der Waals surface area contributed by atoms with Crippen LogP contribution in [-0.2, 0) is 22.5 Å². The van der Waals surface area contributed by atoms with Gasteiger partial charge in [0.2, 0.25) is 0 Å². The first kappa shape index (κ1) is 26.2. The van der Waals surface area contributed by atoms with Crippen LogP contribution in [0.25, 0.3) is 11.4 Å². The van der Waals surface area contributed by atoms with Crippen LogP contribution in [0.3, 0.4) is 0 Å². The van der Waals surface area contributed by atoms with Crippen molar-refractivity contribution in [3.8, 4) is 11.4 Å². The number of nitrogens with zero attached hydrogens (tertiary/aromatic N) is 4. The van der Waals surface area contributed by atoms with Crippen LogP contribution in [0.4, 0.5) is 5.82 Å². The van der Waals surface area contributed by atoms with Crippen molar-refractivity contribution in [1.82, 2.24) is 14.9 Å². The minimum absolute atomic E-state index is 0.379. The van der Waals surface area contributed by atoms with Crippen LogP contribution in [0, 0.1) is 6.92 Å². The lowest BCUT2D eigenvalue weighted by Gasteiger charge is -2.37. The summed E-state index contributed by atoms with van der Waals surface area (Å²) < 4.78 is 11.0. The number of aliphatic hydroxyl groups is 1. The molecule has 4 rings (SSSR count). The van der Waals surface area contributed by atoms with Crippen molar-refractivity contribution >= 4 is 5.82 Å². The maximum atomic E-state index is 10.3. The number of aryl methyl sites for hydroxylation is 1. The SMILES string of the molecule is CCOCC(O)CN1CCN(c2nc(-c3ccccc3)nc(COC)c2Cc2ccc(C)cc2)CC1. The van der Waals surface area contributed by atoms with Crippen LogP contribution >= 0.6 is 0 Å². The van der Waals surface area contributed by atoms with E-state index in [0.717, 1.165) is 61.1 Å². The number of anilines is 1. The van der Waals surface area contributed by atoms with Gasteiger partial charge < -0.3 is 19.5 Å². The smallest absolute Gasteiger partial charge is 0.161 e. The lowest BCUT2D eigenvalue weighted by molar-refractivity contribution is 0.0202. The summed E-state index contributed by atoms with van der Waals surface area (Å²) in [5.41, 5.74) is 5.51. The predicted molar refractivity (Wildman–Crippen MR) is 143 cm³/mol. The molecule has 1 saturated heterocycles. The summed E-state index contributed by atoms with van der Waals surface area (Å²) in [5.74, 6) is 1.70. The maximum absolute atomic E-state index is 10.3. The number of hydrogen-bond donors (Lipinski definition) is 1. The summed E-state index contributed by atoms with van der Waals surface area (Å²) >= 11 is 0. The highest BCUT2D eigenvalue weighted by Gasteiger charge is 2.25. The Balaban J connectivity index is 1.63. The molecular weight excluding hydrogens is 452 g/mol. The van der Waals surface area contributed by atoms with Gasteiger partial charge in [0.1, 0.15) is 5.82 Å². The van der Waals surface area contributed by atoms with Crippen LogP contribution in [-0.4, -0.2) is 79.1 Å². The number of rotatable bonds is 11.